The lowest BCUT2D eigenvalue weighted by atomic mass is 9.65. The minimum Gasteiger partial charge on any atom is -0.494 e. The molecule has 0 aliphatic carbocycles. The van der Waals surface area contributed by atoms with Gasteiger partial charge < -0.3 is 52.8 Å². The molecular weight excluding hydrogens is 757 g/mol. The van der Waals surface area contributed by atoms with Gasteiger partial charge in [-0.3, -0.25) is 14.6 Å². The molecule has 9 bridgehead atoms. The third kappa shape index (κ3) is 3.84. The van der Waals surface area contributed by atoms with Crippen molar-refractivity contribution in [2.45, 2.75) is 79.1 Å². The summed E-state index contributed by atoms with van der Waals surface area (Å²) < 4.78 is 58.3. The number of hydrogen-bond donors (Lipinski definition) is 1. The first-order valence-corrected chi connectivity index (χ1v) is 21.1. The summed E-state index contributed by atoms with van der Waals surface area (Å²) in [6.45, 7) is 5.52. The monoisotopic (exact) mass is 810 g/mol. The van der Waals surface area contributed by atoms with E-state index in [1.807, 2.05) is 6.07 Å². The van der Waals surface area contributed by atoms with Crippen LogP contribution in [0.25, 0.3) is 0 Å². The van der Waals surface area contributed by atoms with E-state index < -0.39 is 22.3 Å². The zero-order valence-electron chi connectivity index (χ0n) is 35.1. The average molecular weight is 811 g/mol. The standard InChI is InChI=1S/C45H54N4O10/c1-9-22-18-48-32-13-26(22)44(34(48)17-42(32)35-37(46-41(42)50)28(52-3)14-30(54-5)39(35)56-7)21-49-38-29(53-4)15-31(55-6)40(57-8)36(38)43-16-27-25(20-58-45(43,49)59-44)24-12-33(43)47(27)19-23(24)10-11-51-2/h9-10,14-15,24-27,32-34H,11-13,16-21H2,1-8H3,(H,46,50). The Morgan fingerprint density at radius 1 is 0.814 bits per heavy atom. The van der Waals surface area contributed by atoms with Crippen molar-refractivity contribution in [3.63, 3.8) is 0 Å². The first kappa shape index (κ1) is 36.6. The number of fused-ring (bicyclic) bond motifs is 6. The summed E-state index contributed by atoms with van der Waals surface area (Å²) in [5.41, 5.74) is 3.99. The molecule has 12 aliphatic rings. The number of anilines is 2. The zero-order chi connectivity index (χ0) is 40.5. The maximum Gasteiger partial charge on any atom is 0.264 e. The van der Waals surface area contributed by atoms with Gasteiger partial charge in [0.15, 0.2) is 23.0 Å². The lowest BCUT2D eigenvalue weighted by Gasteiger charge is -2.59. The summed E-state index contributed by atoms with van der Waals surface area (Å²) in [7, 11) is 11.8. The molecule has 0 aromatic heterocycles. The van der Waals surface area contributed by atoms with Gasteiger partial charge in [0.05, 0.1) is 84.6 Å². The Kier molecular flexibility index (Phi) is 7.45. The van der Waals surface area contributed by atoms with E-state index in [9.17, 15) is 4.79 Å². The lowest BCUT2D eigenvalue weighted by molar-refractivity contribution is -0.318. The van der Waals surface area contributed by atoms with Crippen molar-refractivity contribution in [2.75, 3.05) is 92.8 Å². The highest BCUT2D eigenvalue weighted by Gasteiger charge is 2.85. The van der Waals surface area contributed by atoms with Crippen molar-refractivity contribution in [3.8, 4) is 34.5 Å². The Hall–Kier alpha value is -4.21. The highest BCUT2D eigenvalue weighted by molar-refractivity contribution is 6.10. The molecule has 12 heterocycles. The summed E-state index contributed by atoms with van der Waals surface area (Å²) in [6.07, 6.45) is 7.69. The number of amides is 1. The molecular formula is C45H54N4O10. The van der Waals surface area contributed by atoms with Crippen LogP contribution in [0.3, 0.4) is 0 Å². The molecule has 0 saturated carbocycles. The van der Waals surface area contributed by atoms with Crippen molar-refractivity contribution in [1.29, 1.82) is 0 Å². The van der Waals surface area contributed by atoms with Gasteiger partial charge in [-0.1, -0.05) is 23.3 Å². The quantitative estimate of drug-likeness (QED) is 0.384. The van der Waals surface area contributed by atoms with Crippen LogP contribution in [-0.2, 0) is 29.8 Å². The Bertz CT molecular complexity index is 2280. The smallest absolute Gasteiger partial charge is 0.264 e. The van der Waals surface area contributed by atoms with Crippen molar-refractivity contribution in [3.05, 3.63) is 46.6 Å². The average Bonchev–Trinajstić information content (AvgIpc) is 3.95. The largest absolute Gasteiger partial charge is 0.494 e. The predicted octanol–water partition coefficient (Wildman–Crippen LogP) is 4.23. The molecule has 1 amide bonds. The number of rotatable bonds is 8. The molecule has 12 aliphatic heterocycles. The van der Waals surface area contributed by atoms with Gasteiger partial charge in [-0.05, 0) is 38.5 Å². The normalized spacial score (nSPS) is 43.0. The summed E-state index contributed by atoms with van der Waals surface area (Å²) in [4.78, 5) is 22.7. The molecule has 59 heavy (non-hydrogen) atoms. The van der Waals surface area contributed by atoms with Crippen molar-refractivity contribution < 1.29 is 47.4 Å². The van der Waals surface area contributed by atoms with Crippen LogP contribution in [0.4, 0.5) is 11.4 Å². The molecule has 2 aromatic carbocycles. The van der Waals surface area contributed by atoms with E-state index in [0.717, 1.165) is 49.2 Å². The fourth-order valence-electron chi connectivity index (χ4n) is 15.1. The van der Waals surface area contributed by atoms with E-state index >= 15 is 0 Å². The van der Waals surface area contributed by atoms with E-state index in [1.165, 1.54) is 11.1 Å². The van der Waals surface area contributed by atoms with Crippen molar-refractivity contribution >= 4 is 17.3 Å². The second kappa shape index (κ2) is 12.0. The van der Waals surface area contributed by atoms with E-state index in [1.54, 1.807) is 55.8 Å². The molecule has 10 fully saturated rings. The fourth-order valence-corrected chi connectivity index (χ4v) is 15.1. The number of carbonyl (C=O) groups is 1. The Morgan fingerprint density at radius 3 is 2.22 bits per heavy atom. The van der Waals surface area contributed by atoms with Gasteiger partial charge in [-0.15, -0.1) is 0 Å². The zero-order valence-corrected chi connectivity index (χ0v) is 35.1. The highest BCUT2D eigenvalue weighted by atomic mass is 16.7. The number of nitrogens with zero attached hydrogens (tertiary/aromatic N) is 3. The van der Waals surface area contributed by atoms with Crippen LogP contribution in [0.2, 0.25) is 0 Å². The molecule has 13 unspecified atom stereocenters. The number of nitrogens with one attached hydrogen (secondary N) is 1. The lowest BCUT2D eigenvalue weighted by Crippen LogP contribution is -2.71. The van der Waals surface area contributed by atoms with Crippen molar-refractivity contribution in [2.24, 2.45) is 17.8 Å². The van der Waals surface area contributed by atoms with Crippen LogP contribution in [0.15, 0.2) is 35.4 Å². The SMILES string of the molecule is CC=C1CN2C3CC1C1(CN4c5c(OC)cc(OC)c(OC)c5C56CC7C(COC45O1)C1CC6N7CC1=CCOC)C2CC31C(=O)Nc2c(OC)cc(OC)c(OC)c21. The molecule has 13 atom stereocenters. The first-order chi connectivity index (χ1) is 28.7. The number of methoxy groups -OCH3 is 7. The third-order valence-electron chi connectivity index (χ3n) is 17.1. The van der Waals surface area contributed by atoms with E-state index in [2.05, 4.69) is 39.1 Å². The first-order valence-electron chi connectivity index (χ1n) is 21.1. The maximum atomic E-state index is 14.9. The molecule has 10 saturated heterocycles. The van der Waals surface area contributed by atoms with Gasteiger partial charge in [0, 0.05) is 79.5 Å². The minimum atomic E-state index is -1.17. The van der Waals surface area contributed by atoms with Crippen LogP contribution >= 0.6 is 0 Å². The second-order valence-electron chi connectivity index (χ2n) is 18.3. The third-order valence-corrected chi connectivity index (χ3v) is 17.1. The van der Waals surface area contributed by atoms with Crippen LogP contribution in [-0.4, -0.2) is 134 Å². The predicted molar refractivity (Wildman–Crippen MR) is 215 cm³/mol. The number of carbonyl (C=O) groups excluding carboxylic acids is 1. The van der Waals surface area contributed by atoms with E-state index in [0.29, 0.717) is 84.2 Å². The number of hydrogen-bond acceptors (Lipinski definition) is 13. The van der Waals surface area contributed by atoms with Gasteiger partial charge >= 0.3 is 0 Å². The summed E-state index contributed by atoms with van der Waals surface area (Å²) in [6, 6.07) is 3.95. The van der Waals surface area contributed by atoms with Crippen LogP contribution < -0.4 is 38.6 Å². The van der Waals surface area contributed by atoms with Gasteiger partial charge in [0.1, 0.15) is 17.1 Å². The summed E-state index contributed by atoms with van der Waals surface area (Å²) in [5, 5.41) is 3.29. The van der Waals surface area contributed by atoms with Crippen molar-refractivity contribution in [1.82, 2.24) is 9.80 Å². The topological polar surface area (TPSA) is 122 Å². The minimum absolute atomic E-state index is 0.0235. The number of benzene rings is 2. The number of piperidine rings is 6. The summed E-state index contributed by atoms with van der Waals surface area (Å²) in [5.74, 6) is 3.25. The second-order valence-corrected chi connectivity index (χ2v) is 18.3. The Balaban J connectivity index is 1.07. The van der Waals surface area contributed by atoms with E-state index in [-0.39, 0.29) is 30.0 Å². The Labute approximate surface area is 344 Å². The van der Waals surface area contributed by atoms with Crippen LogP contribution in [0.5, 0.6) is 34.5 Å². The molecule has 0 radical (unpaired) electrons. The number of ether oxygens (including phenoxy) is 9. The van der Waals surface area contributed by atoms with Crippen LogP contribution in [0, 0.1) is 17.8 Å². The van der Waals surface area contributed by atoms with Gasteiger partial charge in [0.25, 0.3) is 5.91 Å². The van der Waals surface area contributed by atoms with E-state index in [4.69, 9.17) is 42.6 Å². The van der Waals surface area contributed by atoms with Crippen LogP contribution in [0.1, 0.15) is 43.7 Å². The fraction of sp³-hybridized carbons (Fsp3) is 0.622. The summed E-state index contributed by atoms with van der Waals surface area (Å²) >= 11 is 0. The Morgan fingerprint density at radius 2 is 1.53 bits per heavy atom. The molecule has 14 heteroatoms. The maximum absolute atomic E-state index is 14.9. The molecule has 314 valence electrons. The molecule has 4 spiro atoms. The van der Waals surface area contributed by atoms with Gasteiger partial charge in [-0.2, -0.15) is 0 Å². The molecule has 2 aromatic rings. The highest BCUT2D eigenvalue weighted by Crippen LogP contribution is 2.77. The molecule has 1 N–H and O–H groups in total. The van der Waals surface area contributed by atoms with Gasteiger partial charge in [0.2, 0.25) is 5.91 Å². The van der Waals surface area contributed by atoms with Gasteiger partial charge in [-0.25, -0.2) is 0 Å². The molecule has 14 nitrogen and oxygen atoms in total. The molecule has 14 rings (SSSR count). The number of allylic oxidation sites excluding steroid dienone is 1.